The molecule has 0 spiro atoms. The number of rotatable bonds is 3. The Morgan fingerprint density at radius 2 is 2.18 bits per heavy atom. The smallest absolute Gasteiger partial charge is 0.248 e. The van der Waals surface area contributed by atoms with E-state index in [-0.39, 0.29) is 5.56 Å². The Balaban J connectivity index is 1.83. The zero-order valence-electron chi connectivity index (χ0n) is 12.9. The van der Waals surface area contributed by atoms with E-state index in [9.17, 15) is 4.79 Å². The van der Waals surface area contributed by atoms with Crippen LogP contribution in [0.15, 0.2) is 34.0 Å². The van der Waals surface area contributed by atoms with Gasteiger partial charge in [-0.15, -0.1) is 11.8 Å². The first-order valence-electron chi connectivity index (χ1n) is 7.77. The molecule has 0 saturated carbocycles. The van der Waals surface area contributed by atoms with Crippen molar-refractivity contribution >= 4 is 34.3 Å². The van der Waals surface area contributed by atoms with Crippen molar-refractivity contribution < 1.29 is 0 Å². The van der Waals surface area contributed by atoms with Crippen LogP contribution in [0.3, 0.4) is 0 Å². The van der Waals surface area contributed by atoms with Crippen LogP contribution < -0.4 is 5.56 Å². The van der Waals surface area contributed by atoms with E-state index in [1.54, 1.807) is 0 Å². The third-order valence-electron chi connectivity index (χ3n) is 4.53. The normalized spacial score (nSPS) is 23.0. The van der Waals surface area contributed by atoms with E-state index in [0.29, 0.717) is 11.3 Å². The number of thioether (sulfide) groups is 1. The summed E-state index contributed by atoms with van der Waals surface area (Å²) in [5.74, 6) is 0. The number of aromatic nitrogens is 1. The van der Waals surface area contributed by atoms with E-state index in [1.165, 1.54) is 25.3 Å². The van der Waals surface area contributed by atoms with Gasteiger partial charge in [-0.1, -0.05) is 18.5 Å². The summed E-state index contributed by atoms with van der Waals surface area (Å²) < 4.78 is 0. The van der Waals surface area contributed by atoms with Crippen molar-refractivity contribution in [1.29, 1.82) is 0 Å². The molecule has 1 aliphatic rings. The maximum atomic E-state index is 11.4. The lowest BCUT2D eigenvalue weighted by molar-refractivity contribution is 0.185. The number of hydrogen-bond acceptors (Lipinski definition) is 3. The number of H-pyrrole nitrogens is 1. The minimum Gasteiger partial charge on any atom is -0.322 e. The largest absolute Gasteiger partial charge is 0.322 e. The molecule has 1 unspecified atom stereocenters. The number of hydrogen-bond donors (Lipinski definition) is 1. The summed E-state index contributed by atoms with van der Waals surface area (Å²) in [7, 11) is 2.22. The van der Waals surface area contributed by atoms with Gasteiger partial charge in [0.1, 0.15) is 0 Å². The molecule has 2 heterocycles. The molecule has 3 nitrogen and oxygen atoms in total. The first-order valence-corrected chi connectivity index (χ1v) is 9.02. The van der Waals surface area contributed by atoms with E-state index in [4.69, 9.17) is 11.6 Å². The molecule has 5 heteroatoms. The molecule has 2 atom stereocenters. The van der Waals surface area contributed by atoms with Gasteiger partial charge in [0, 0.05) is 33.2 Å². The van der Waals surface area contributed by atoms with E-state index >= 15 is 0 Å². The van der Waals surface area contributed by atoms with Crippen molar-refractivity contribution in [2.24, 2.45) is 0 Å². The number of halogens is 1. The topological polar surface area (TPSA) is 36.1 Å². The van der Waals surface area contributed by atoms with Crippen LogP contribution in [0.5, 0.6) is 0 Å². The Hall–Kier alpha value is -0.970. The summed E-state index contributed by atoms with van der Waals surface area (Å²) >= 11 is 8.44. The number of benzene rings is 1. The maximum absolute atomic E-state index is 11.4. The third kappa shape index (κ3) is 3.19. The standard InChI is InChI=1S/C17H21ClN2OS/c1-3-11-10-12(8-9-20(11)2)22-15-6-5-14-13(17(15)18)4-7-16(21)19-14/h4-7,11-12H,3,8-10H2,1-2H3,(H,19,21)/t11-,12?/m0/s1. The van der Waals surface area contributed by atoms with Crippen LogP contribution in [-0.2, 0) is 0 Å². The highest BCUT2D eigenvalue weighted by Gasteiger charge is 2.26. The van der Waals surface area contributed by atoms with Crippen molar-refractivity contribution in [3.63, 3.8) is 0 Å². The zero-order valence-corrected chi connectivity index (χ0v) is 14.5. The van der Waals surface area contributed by atoms with Gasteiger partial charge in [-0.25, -0.2) is 0 Å². The Kier molecular flexibility index (Phi) is 4.81. The van der Waals surface area contributed by atoms with E-state index in [0.717, 1.165) is 27.4 Å². The van der Waals surface area contributed by atoms with E-state index < -0.39 is 0 Å². The van der Waals surface area contributed by atoms with Crippen LogP contribution in [0, 0.1) is 0 Å². The van der Waals surface area contributed by atoms with Crippen LogP contribution in [0.4, 0.5) is 0 Å². The van der Waals surface area contributed by atoms with E-state index in [2.05, 4.69) is 23.9 Å². The van der Waals surface area contributed by atoms with Gasteiger partial charge in [-0.3, -0.25) is 4.79 Å². The lowest BCUT2D eigenvalue weighted by Crippen LogP contribution is -2.40. The molecule has 1 aromatic heterocycles. The van der Waals surface area contributed by atoms with Gasteiger partial charge in [0.15, 0.2) is 0 Å². The van der Waals surface area contributed by atoms with Gasteiger partial charge >= 0.3 is 0 Å². The summed E-state index contributed by atoms with van der Waals surface area (Å²) in [4.78, 5) is 17.8. The number of pyridine rings is 1. The Morgan fingerprint density at radius 1 is 1.36 bits per heavy atom. The molecule has 0 aliphatic carbocycles. The summed E-state index contributed by atoms with van der Waals surface area (Å²) in [6.45, 7) is 3.41. The highest BCUT2D eigenvalue weighted by molar-refractivity contribution is 8.00. The molecule has 0 radical (unpaired) electrons. The second-order valence-corrected chi connectivity index (χ2v) is 7.69. The fraction of sp³-hybridized carbons (Fsp3) is 0.471. The number of fused-ring (bicyclic) bond motifs is 1. The first-order chi connectivity index (χ1) is 10.6. The van der Waals surface area contributed by atoms with Crippen LogP contribution in [0.25, 0.3) is 10.9 Å². The average molecular weight is 337 g/mol. The maximum Gasteiger partial charge on any atom is 0.248 e. The zero-order chi connectivity index (χ0) is 15.7. The van der Waals surface area contributed by atoms with Crippen LogP contribution >= 0.6 is 23.4 Å². The molecule has 1 fully saturated rings. The van der Waals surface area contributed by atoms with Gasteiger partial charge in [0.2, 0.25) is 5.56 Å². The van der Waals surface area contributed by atoms with Gasteiger partial charge in [-0.05, 0) is 51.1 Å². The van der Waals surface area contributed by atoms with Crippen molar-refractivity contribution in [3.8, 4) is 0 Å². The predicted octanol–water partition coefficient (Wildman–Crippen LogP) is 4.15. The van der Waals surface area contributed by atoms with Gasteiger partial charge in [0.05, 0.1) is 5.02 Å². The lowest BCUT2D eigenvalue weighted by atomic mass is 10.0. The highest BCUT2D eigenvalue weighted by Crippen LogP contribution is 2.39. The molecule has 0 amide bonds. The number of nitrogens with zero attached hydrogens (tertiary/aromatic N) is 1. The van der Waals surface area contributed by atoms with Crippen LogP contribution in [0.1, 0.15) is 26.2 Å². The van der Waals surface area contributed by atoms with Crippen LogP contribution in [0.2, 0.25) is 5.02 Å². The fourth-order valence-corrected chi connectivity index (χ4v) is 4.79. The van der Waals surface area contributed by atoms with Gasteiger partial charge in [-0.2, -0.15) is 0 Å². The summed E-state index contributed by atoms with van der Waals surface area (Å²) in [6, 6.07) is 8.00. The number of nitrogens with one attached hydrogen (secondary N) is 1. The monoisotopic (exact) mass is 336 g/mol. The third-order valence-corrected chi connectivity index (χ3v) is 6.41. The second kappa shape index (κ2) is 6.65. The van der Waals surface area contributed by atoms with Gasteiger partial charge < -0.3 is 9.88 Å². The van der Waals surface area contributed by atoms with Crippen molar-refractivity contribution in [1.82, 2.24) is 9.88 Å². The number of likely N-dealkylation sites (tertiary alicyclic amines) is 1. The van der Waals surface area contributed by atoms with Crippen molar-refractivity contribution in [3.05, 3.63) is 39.6 Å². The lowest BCUT2D eigenvalue weighted by Gasteiger charge is -2.36. The molecule has 2 aromatic rings. The summed E-state index contributed by atoms with van der Waals surface area (Å²) in [5, 5.41) is 2.29. The molecule has 22 heavy (non-hydrogen) atoms. The molecule has 1 saturated heterocycles. The Morgan fingerprint density at radius 3 is 2.95 bits per heavy atom. The number of aromatic amines is 1. The molecule has 1 aromatic carbocycles. The molecule has 3 rings (SSSR count). The molecular formula is C17H21ClN2OS. The molecular weight excluding hydrogens is 316 g/mol. The Labute approximate surface area is 140 Å². The average Bonchev–Trinajstić information content (AvgIpc) is 2.51. The predicted molar refractivity (Wildman–Crippen MR) is 95.2 cm³/mol. The fourth-order valence-electron chi connectivity index (χ4n) is 3.17. The van der Waals surface area contributed by atoms with Gasteiger partial charge in [0.25, 0.3) is 0 Å². The summed E-state index contributed by atoms with van der Waals surface area (Å²) in [6.07, 6.45) is 3.59. The first kappa shape index (κ1) is 15.9. The van der Waals surface area contributed by atoms with Crippen molar-refractivity contribution in [2.45, 2.75) is 42.4 Å². The molecule has 1 aliphatic heterocycles. The Bertz CT molecular complexity index is 730. The molecule has 0 bridgehead atoms. The molecule has 118 valence electrons. The second-order valence-electron chi connectivity index (χ2n) is 5.97. The summed E-state index contributed by atoms with van der Waals surface area (Å²) in [5.41, 5.74) is 0.710. The quantitative estimate of drug-likeness (QED) is 0.914. The van der Waals surface area contributed by atoms with Crippen molar-refractivity contribution in [2.75, 3.05) is 13.6 Å². The highest BCUT2D eigenvalue weighted by atomic mass is 35.5. The minimum atomic E-state index is -0.0925. The van der Waals surface area contributed by atoms with Crippen LogP contribution in [-0.4, -0.2) is 34.8 Å². The SMILES string of the molecule is CC[C@H]1CC(Sc2ccc3[nH]c(=O)ccc3c2Cl)CCN1C. The van der Waals surface area contributed by atoms with E-state index in [1.807, 2.05) is 30.0 Å². The molecule has 1 N–H and O–H groups in total. The number of piperidine rings is 1. The minimum absolute atomic E-state index is 0.0925.